The van der Waals surface area contributed by atoms with E-state index in [2.05, 4.69) is 4.90 Å². The lowest BCUT2D eigenvalue weighted by Crippen LogP contribution is -2.46. The van der Waals surface area contributed by atoms with Gasteiger partial charge in [-0.05, 0) is 12.8 Å². The fourth-order valence-electron chi connectivity index (χ4n) is 1.94. The molecule has 3 atom stereocenters. The molecule has 0 aromatic rings. The molecule has 3 unspecified atom stereocenters. The fourth-order valence-corrected chi connectivity index (χ4v) is 1.94. The van der Waals surface area contributed by atoms with Crippen LogP contribution in [0.5, 0.6) is 0 Å². The van der Waals surface area contributed by atoms with Crippen LogP contribution in [-0.2, 0) is 0 Å². The van der Waals surface area contributed by atoms with Crippen molar-refractivity contribution in [1.82, 2.24) is 4.90 Å². The van der Waals surface area contributed by atoms with Gasteiger partial charge in [0.1, 0.15) is 6.17 Å². The number of alkyl halides is 1. The van der Waals surface area contributed by atoms with Crippen LogP contribution in [0.15, 0.2) is 0 Å². The number of rotatable bonds is 1. The van der Waals surface area contributed by atoms with Gasteiger partial charge in [-0.15, -0.1) is 0 Å². The van der Waals surface area contributed by atoms with E-state index in [1.54, 1.807) is 0 Å². The molecule has 2 fully saturated rings. The second-order valence-electron chi connectivity index (χ2n) is 3.64. The molecule has 3 heteroatoms. The zero-order chi connectivity index (χ0) is 7.84. The van der Waals surface area contributed by atoms with E-state index in [1.807, 2.05) is 0 Å². The fraction of sp³-hybridized carbons (Fsp3) is 1.00. The van der Waals surface area contributed by atoms with Crippen LogP contribution in [0.1, 0.15) is 19.3 Å². The number of hydrogen-bond donors (Lipinski definition) is 1. The summed E-state index contributed by atoms with van der Waals surface area (Å²) in [7, 11) is 0. The third kappa shape index (κ3) is 1.40. The van der Waals surface area contributed by atoms with Gasteiger partial charge >= 0.3 is 0 Å². The molecule has 1 heterocycles. The molecule has 2 aliphatic rings. The minimum Gasteiger partial charge on any atom is -0.325 e. The Kier molecular flexibility index (Phi) is 1.85. The molecule has 1 aliphatic carbocycles. The van der Waals surface area contributed by atoms with Crippen molar-refractivity contribution in [3.8, 4) is 0 Å². The smallest absolute Gasteiger partial charge is 0.131 e. The van der Waals surface area contributed by atoms with Gasteiger partial charge in [0.2, 0.25) is 0 Å². The highest BCUT2D eigenvalue weighted by atomic mass is 19.1. The Morgan fingerprint density at radius 3 is 2.64 bits per heavy atom. The minimum absolute atomic E-state index is 0.152. The predicted molar refractivity (Wildman–Crippen MR) is 42.1 cm³/mol. The quantitative estimate of drug-likeness (QED) is 0.564. The summed E-state index contributed by atoms with van der Waals surface area (Å²) in [4.78, 5) is 2.18. The predicted octanol–water partition coefficient (Wildman–Crippen LogP) is 0.520. The molecule has 0 spiro atoms. The maximum Gasteiger partial charge on any atom is 0.131 e. The monoisotopic (exact) mass is 158 g/mol. The number of hydrogen-bond acceptors (Lipinski definition) is 2. The van der Waals surface area contributed by atoms with Crippen LogP contribution >= 0.6 is 0 Å². The number of nitrogens with two attached hydrogens (primary N) is 1. The lowest BCUT2D eigenvalue weighted by Gasteiger charge is -2.31. The van der Waals surface area contributed by atoms with Crippen molar-refractivity contribution in [2.24, 2.45) is 5.73 Å². The minimum atomic E-state index is -0.772. The number of nitrogens with zero attached hydrogens (tertiary/aromatic N) is 1. The van der Waals surface area contributed by atoms with Crippen molar-refractivity contribution >= 4 is 0 Å². The standard InChI is InChI=1S/C8H15FN2/c9-8-6(10)2-1-3-7(8)11-4-5-11/h6-8H,1-5,10H2. The summed E-state index contributed by atoms with van der Waals surface area (Å²) >= 11 is 0. The summed E-state index contributed by atoms with van der Waals surface area (Å²) in [5.41, 5.74) is 5.63. The van der Waals surface area contributed by atoms with E-state index in [0.717, 1.165) is 32.4 Å². The highest BCUT2D eigenvalue weighted by Crippen LogP contribution is 2.28. The molecule has 64 valence electrons. The van der Waals surface area contributed by atoms with E-state index in [-0.39, 0.29) is 12.1 Å². The molecule has 1 aliphatic heterocycles. The van der Waals surface area contributed by atoms with E-state index in [1.165, 1.54) is 0 Å². The normalized spacial score (nSPS) is 45.8. The van der Waals surface area contributed by atoms with Crippen LogP contribution in [0.3, 0.4) is 0 Å². The molecule has 2 rings (SSSR count). The van der Waals surface area contributed by atoms with Gasteiger partial charge in [0, 0.05) is 25.2 Å². The Morgan fingerprint density at radius 1 is 1.27 bits per heavy atom. The molecule has 0 radical (unpaired) electrons. The maximum atomic E-state index is 13.4. The molecule has 1 saturated heterocycles. The lowest BCUT2D eigenvalue weighted by atomic mass is 9.90. The number of halogens is 1. The van der Waals surface area contributed by atoms with E-state index < -0.39 is 6.17 Å². The Bertz CT molecular complexity index is 147. The zero-order valence-corrected chi connectivity index (χ0v) is 6.67. The first-order valence-corrected chi connectivity index (χ1v) is 4.43. The van der Waals surface area contributed by atoms with Crippen LogP contribution in [0.2, 0.25) is 0 Å². The first-order valence-electron chi connectivity index (χ1n) is 4.43. The van der Waals surface area contributed by atoms with Crippen molar-refractivity contribution in [1.29, 1.82) is 0 Å². The third-order valence-electron chi connectivity index (χ3n) is 2.76. The van der Waals surface area contributed by atoms with E-state index in [4.69, 9.17) is 5.73 Å². The van der Waals surface area contributed by atoms with Crippen molar-refractivity contribution in [3.63, 3.8) is 0 Å². The molecule has 0 aromatic carbocycles. The average molecular weight is 158 g/mol. The highest BCUT2D eigenvalue weighted by Gasteiger charge is 2.38. The topological polar surface area (TPSA) is 29.0 Å². The third-order valence-corrected chi connectivity index (χ3v) is 2.76. The first-order chi connectivity index (χ1) is 5.29. The van der Waals surface area contributed by atoms with Crippen molar-refractivity contribution in [2.75, 3.05) is 13.1 Å². The van der Waals surface area contributed by atoms with E-state index in [9.17, 15) is 4.39 Å². The Hall–Kier alpha value is -0.150. The summed E-state index contributed by atoms with van der Waals surface area (Å²) in [6, 6.07) is -0.0481. The van der Waals surface area contributed by atoms with Crippen molar-refractivity contribution in [3.05, 3.63) is 0 Å². The largest absolute Gasteiger partial charge is 0.325 e. The molecule has 0 aromatic heterocycles. The summed E-state index contributed by atoms with van der Waals surface area (Å²) < 4.78 is 13.4. The van der Waals surface area contributed by atoms with Gasteiger partial charge in [-0.1, -0.05) is 6.42 Å². The summed E-state index contributed by atoms with van der Waals surface area (Å²) in [5.74, 6) is 0. The maximum absolute atomic E-state index is 13.4. The van der Waals surface area contributed by atoms with Gasteiger partial charge in [0.25, 0.3) is 0 Å². The van der Waals surface area contributed by atoms with Crippen molar-refractivity contribution in [2.45, 2.75) is 37.5 Å². The molecule has 2 N–H and O–H groups in total. The molecule has 2 nitrogen and oxygen atoms in total. The molecule has 0 amide bonds. The Morgan fingerprint density at radius 2 is 2.00 bits per heavy atom. The highest BCUT2D eigenvalue weighted by molar-refractivity contribution is 4.95. The lowest BCUT2D eigenvalue weighted by molar-refractivity contribution is 0.128. The van der Waals surface area contributed by atoms with Gasteiger partial charge in [-0.3, -0.25) is 4.90 Å². The molecular formula is C8H15FN2. The first kappa shape index (κ1) is 7.50. The van der Waals surface area contributed by atoms with Gasteiger partial charge in [0.15, 0.2) is 0 Å². The molecular weight excluding hydrogens is 143 g/mol. The van der Waals surface area contributed by atoms with Crippen LogP contribution in [0, 0.1) is 0 Å². The molecule has 1 saturated carbocycles. The molecule has 11 heavy (non-hydrogen) atoms. The average Bonchev–Trinajstić information content (AvgIpc) is 2.77. The van der Waals surface area contributed by atoms with Gasteiger partial charge in [-0.25, -0.2) is 4.39 Å². The SMILES string of the molecule is NC1CCCC(N2CC2)C1F. The second kappa shape index (κ2) is 2.72. The zero-order valence-electron chi connectivity index (χ0n) is 6.67. The summed E-state index contributed by atoms with van der Waals surface area (Å²) in [6.45, 7) is 2.16. The Labute approximate surface area is 66.5 Å². The van der Waals surface area contributed by atoms with Crippen molar-refractivity contribution < 1.29 is 4.39 Å². The van der Waals surface area contributed by atoms with E-state index in [0.29, 0.717) is 0 Å². The summed E-state index contributed by atoms with van der Waals surface area (Å²) in [5, 5.41) is 0. The van der Waals surface area contributed by atoms with E-state index >= 15 is 0 Å². The van der Waals surface area contributed by atoms with Gasteiger partial charge in [-0.2, -0.15) is 0 Å². The van der Waals surface area contributed by atoms with Crippen LogP contribution < -0.4 is 5.73 Å². The summed E-state index contributed by atoms with van der Waals surface area (Å²) in [6.07, 6.45) is 2.20. The van der Waals surface area contributed by atoms with Gasteiger partial charge < -0.3 is 5.73 Å². The van der Waals surface area contributed by atoms with Crippen LogP contribution in [-0.4, -0.2) is 36.2 Å². The second-order valence-corrected chi connectivity index (χ2v) is 3.64. The van der Waals surface area contributed by atoms with Crippen LogP contribution in [0.25, 0.3) is 0 Å². The Balaban J connectivity index is 1.95. The molecule has 0 bridgehead atoms. The van der Waals surface area contributed by atoms with Gasteiger partial charge in [0.05, 0.1) is 0 Å². The van der Waals surface area contributed by atoms with Crippen LogP contribution in [0.4, 0.5) is 4.39 Å².